The first-order chi connectivity index (χ1) is 21.3. The van der Waals surface area contributed by atoms with Crippen LogP contribution >= 0.6 is 0 Å². The van der Waals surface area contributed by atoms with Crippen molar-refractivity contribution in [1.82, 2.24) is 20.4 Å². The number of carbonyl (C=O) groups is 5. The zero-order valence-corrected chi connectivity index (χ0v) is 24.1. The van der Waals surface area contributed by atoms with Gasteiger partial charge in [-0.25, -0.2) is 0 Å². The first-order valence-electron chi connectivity index (χ1n) is 14.9. The van der Waals surface area contributed by atoms with E-state index in [9.17, 15) is 29.1 Å². The van der Waals surface area contributed by atoms with Crippen molar-refractivity contribution >= 4 is 40.4 Å². The van der Waals surface area contributed by atoms with E-state index in [4.69, 9.17) is 4.74 Å². The first-order valence-corrected chi connectivity index (χ1v) is 14.9. The van der Waals surface area contributed by atoms with Crippen LogP contribution in [0.5, 0.6) is 0 Å². The number of nitrogens with zero attached hydrogens (tertiary/aromatic N) is 2. The Morgan fingerprint density at radius 1 is 0.841 bits per heavy atom. The van der Waals surface area contributed by atoms with Gasteiger partial charge in [-0.05, 0) is 41.8 Å². The third kappa shape index (κ3) is 5.87. The van der Waals surface area contributed by atoms with Gasteiger partial charge in [-0.1, -0.05) is 67.4 Å². The number of piperazine rings is 1. The minimum atomic E-state index is -1.51. The fourth-order valence-electron chi connectivity index (χ4n) is 6.44. The lowest BCUT2D eigenvalue weighted by Gasteiger charge is -2.48. The smallest absolute Gasteiger partial charge is 0.310 e. The summed E-state index contributed by atoms with van der Waals surface area (Å²) in [6.07, 6.45) is 0.625. The summed E-state index contributed by atoms with van der Waals surface area (Å²) in [6.45, 7) is 0.129. The second-order valence-electron chi connectivity index (χ2n) is 11.5. The summed E-state index contributed by atoms with van der Waals surface area (Å²) in [7, 11) is 0. The standard InChI is InChI=1S/C33H34N4O7/c38-28-17-26(33(43)44-28)35-30(40)27-19-36(31(41)21-10-2-1-3-11-21)18-22-13-5-7-16-25(32(42)37(22)27)34-29(39)24-15-8-12-20-9-4-6-14-23(20)24/h1-4,6,8-12,14-15,22,25-27,33,43H,5,7,13,16-19H2,(H,34,39)(H,35,40)/t22-,25-,26?,27-,33?/m0/s1. The second-order valence-corrected chi connectivity index (χ2v) is 11.5. The van der Waals surface area contributed by atoms with E-state index in [2.05, 4.69) is 10.6 Å². The Kier molecular flexibility index (Phi) is 8.30. The Labute approximate surface area is 254 Å². The number of aliphatic hydroxyl groups is 1. The van der Waals surface area contributed by atoms with Gasteiger partial charge in [0.15, 0.2) is 0 Å². The minimum Gasteiger partial charge on any atom is -0.434 e. The maximum absolute atomic E-state index is 14.3. The molecule has 3 aliphatic rings. The van der Waals surface area contributed by atoms with Gasteiger partial charge in [-0.3, -0.25) is 24.0 Å². The Morgan fingerprint density at radius 3 is 2.34 bits per heavy atom. The fraction of sp³-hybridized carbons (Fsp3) is 0.364. The number of benzene rings is 3. The molecule has 0 spiro atoms. The number of carbonyl (C=O) groups excluding carboxylic acids is 5. The molecule has 11 nitrogen and oxygen atoms in total. The van der Waals surface area contributed by atoms with Crippen molar-refractivity contribution in [3.8, 4) is 0 Å². The summed E-state index contributed by atoms with van der Waals surface area (Å²) in [5.41, 5.74) is 0.907. The molecule has 44 heavy (non-hydrogen) atoms. The summed E-state index contributed by atoms with van der Waals surface area (Å²) < 4.78 is 4.79. The fourth-order valence-corrected chi connectivity index (χ4v) is 6.44. The number of ether oxygens (including phenoxy) is 1. The molecule has 3 heterocycles. The van der Waals surface area contributed by atoms with Crippen LogP contribution in [0.1, 0.15) is 52.8 Å². The van der Waals surface area contributed by atoms with Gasteiger partial charge in [-0.2, -0.15) is 0 Å². The van der Waals surface area contributed by atoms with Crippen molar-refractivity contribution in [2.24, 2.45) is 0 Å². The molecule has 3 aliphatic heterocycles. The van der Waals surface area contributed by atoms with Crippen LogP contribution in [-0.2, 0) is 19.1 Å². The molecular weight excluding hydrogens is 564 g/mol. The number of nitrogens with one attached hydrogen (secondary N) is 2. The molecule has 3 N–H and O–H groups in total. The molecule has 3 aromatic carbocycles. The van der Waals surface area contributed by atoms with Crippen LogP contribution in [0.2, 0.25) is 0 Å². The number of rotatable bonds is 5. The quantitative estimate of drug-likeness (QED) is 0.381. The molecule has 4 amide bonds. The average molecular weight is 599 g/mol. The summed E-state index contributed by atoms with van der Waals surface area (Å²) in [4.78, 5) is 70.0. The molecule has 5 atom stereocenters. The molecule has 0 aliphatic carbocycles. The predicted molar refractivity (Wildman–Crippen MR) is 159 cm³/mol. The molecule has 0 aromatic heterocycles. The summed E-state index contributed by atoms with van der Waals surface area (Å²) in [5.74, 6) is -2.33. The predicted octanol–water partition coefficient (Wildman–Crippen LogP) is 1.98. The van der Waals surface area contributed by atoms with Gasteiger partial charge in [0.05, 0.1) is 19.0 Å². The van der Waals surface area contributed by atoms with E-state index in [0.29, 0.717) is 30.4 Å². The molecule has 6 rings (SSSR count). The molecule has 228 valence electrons. The SMILES string of the molecule is O=C1CC(NC(=O)[C@@H]2CN(C(=O)c3ccccc3)C[C@@H]3CCCC[C@H](NC(=O)c4cccc5ccccc45)C(=O)N32)C(O)O1. The van der Waals surface area contributed by atoms with Gasteiger partial charge in [0.1, 0.15) is 18.1 Å². The van der Waals surface area contributed by atoms with E-state index < -0.39 is 48.2 Å². The van der Waals surface area contributed by atoms with Crippen LogP contribution < -0.4 is 10.6 Å². The topological polar surface area (TPSA) is 145 Å². The summed E-state index contributed by atoms with van der Waals surface area (Å²) in [6, 6.07) is 18.2. The highest BCUT2D eigenvalue weighted by Gasteiger charge is 2.46. The van der Waals surface area contributed by atoms with Crippen molar-refractivity contribution in [3.05, 3.63) is 83.9 Å². The van der Waals surface area contributed by atoms with Crippen LogP contribution in [0.25, 0.3) is 10.8 Å². The normalized spacial score (nSPS) is 25.4. The van der Waals surface area contributed by atoms with E-state index in [1.54, 1.807) is 47.4 Å². The third-order valence-electron chi connectivity index (χ3n) is 8.65. The lowest BCUT2D eigenvalue weighted by molar-refractivity contribution is -0.156. The molecule has 0 bridgehead atoms. The zero-order valence-electron chi connectivity index (χ0n) is 24.1. The first kappa shape index (κ1) is 29.3. The highest BCUT2D eigenvalue weighted by atomic mass is 16.6. The van der Waals surface area contributed by atoms with Crippen molar-refractivity contribution in [3.63, 3.8) is 0 Å². The van der Waals surface area contributed by atoms with Crippen LogP contribution in [0.15, 0.2) is 72.8 Å². The summed E-state index contributed by atoms with van der Waals surface area (Å²) in [5, 5.41) is 17.4. The van der Waals surface area contributed by atoms with Gasteiger partial charge < -0.3 is 30.3 Å². The number of aliphatic hydroxyl groups excluding tert-OH is 1. The Morgan fingerprint density at radius 2 is 1.57 bits per heavy atom. The number of hydrogen-bond acceptors (Lipinski definition) is 7. The average Bonchev–Trinajstić information content (AvgIpc) is 3.36. The van der Waals surface area contributed by atoms with Gasteiger partial charge in [-0.15, -0.1) is 0 Å². The van der Waals surface area contributed by atoms with E-state index in [-0.39, 0.29) is 31.3 Å². The van der Waals surface area contributed by atoms with Crippen molar-refractivity contribution in [1.29, 1.82) is 0 Å². The Hall–Kier alpha value is -4.77. The van der Waals surface area contributed by atoms with Gasteiger partial charge >= 0.3 is 5.97 Å². The van der Waals surface area contributed by atoms with Crippen molar-refractivity contribution in [2.75, 3.05) is 13.1 Å². The van der Waals surface area contributed by atoms with Crippen LogP contribution in [0.4, 0.5) is 0 Å². The third-order valence-corrected chi connectivity index (χ3v) is 8.65. The Balaban J connectivity index is 1.29. The van der Waals surface area contributed by atoms with Gasteiger partial charge in [0.2, 0.25) is 18.1 Å². The molecule has 11 heteroatoms. The molecule has 3 fully saturated rings. The van der Waals surface area contributed by atoms with Crippen LogP contribution in [0.3, 0.4) is 0 Å². The van der Waals surface area contributed by atoms with Crippen LogP contribution in [0, 0.1) is 0 Å². The van der Waals surface area contributed by atoms with E-state index >= 15 is 0 Å². The van der Waals surface area contributed by atoms with Gasteiger partial charge in [0.25, 0.3) is 11.8 Å². The number of cyclic esters (lactones) is 1. The minimum absolute atomic E-state index is 0.0938. The number of esters is 1. The lowest BCUT2D eigenvalue weighted by Crippen LogP contribution is -2.69. The van der Waals surface area contributed by atoms with Crippen molar-refractivity contribution in [2.45, 2.75) is 62.6 Å². The molecule has 3 aromatic rings. The molecule has 0 saturated carbocycles. The number of hydrogen-bond donors (Lipinski definition) is 3. The number of amides is 4. The molecule has 3 saturated heterocycles. The maximum Gasteiger partial charge on any atom is 0.310 e. The summed E-state index contributed by atoms with van der Waals surface area (Å²) >= 11 is 0. The van der Waals surface area contributed by atoms with Crippen molar-refractivity contribution < 1.29 is 33.8 Å². The zero-order chi connectivity index (χ0) is 30.8. The second kappa shape index (κ2) is 12.5. The maximum atomic E-state index is 14.3. The lowest BCUT2D eigenvalue weighted by atomic mass is 9.92. The van der Waals surface area contributed by atoms with E-state index in [0.717, 1.165) is 17.2 Å². The Bertz CT molecular complexity index is 1590. The van der Waals surface area contributed by atoms with E-state index in [1.807, 2.05) is 30.3 Å². The van der Waals surface area contributed by atoms with E-state index in [1.165, 1.54) is 4.90 Å². The highest BCUT2D eigenvalue weighted by molar-refractivity contribution is 6.08. The highest BCUT2D eigenvalue weighted by Crippen LogP contribution is 2.28. The van der Waals surface area contributed by atoms with Crippen LogP contribution in [-0.4, -0.2) is 88.1 Å². The number of fused-ring (bicyclic) bond motifs is 2. The molecule has 0 radical (unpaired) electrons. The molecule has 2 unspecified atom stereocenters. The molecular formula is C33H34N4O7. The largest absolute Gasteiger partial charge is 0.434 e. The van der Waals surface area contributed by atoms with Gasteiger partial charge in [0, 0.05) is 17.7 Å². The monoisotopic (exact) mass is 598 g/mol.